The fourth-order valence-corrected chi connectivity index (χ4v) is 2.66. The van der Waals surface area contributed by atoms with E-state index in [1.54, 1.807) is 13.0 Å². The normalized spacial score (nSPS) is 17.8. The van der Waals surface area contributed by atoms with E-state index in [1.807, 2.05) is 0 Å². The Morgan fingerprint density at radius 3 is 2.75 bits per heavy atom. The average Bonchev–Trinajstić information content (AvgIpc) is 2.40. The minimum Gasteiger partial charge on any atom is -0.388 e. The van der Waals surface area contributed by atoms with Crippen LogP contribution in [-0.4, -0.2) is 35.4 Å². The summed E-state index contributed by atoms with van der Waals surface area (Å²) in [6, 6.07) is 3.19. The SMILES string of the molecule is Cc1cc(NCC2(O)CCOCC2)c(Br)cc1[N+](=O)[O-]. The van der Waals surface area contributed by atoms with Crippen molar-refractivity contribution >= 4 is 27.3 Å². The molecule has 1 aromatic rings. The van der Waals surface area contributed by atoms with Crippen LogP contribution in [0, 0.1) is 17.0 Å². The number of nitro groups is 1. The Bertz CT molecular complexity index is 515. The van der Waals surface area contributed by atoms with Crippen LogP contribution in [0.25, 0.3) is 0 Å². The molecule has 0 spiro atoms. The predicted molar refractivity (Wildman–Crippen MR) is 79.0 cm³/mol. The molecule has 0 aliphatic carbocycles. The van der Waals surface area contributed by atoms with Crippen LogP contribution in [0.15, 0.2) is 16.6 Å². The lowest BCUT2D eigenvalue weighted by Crippen LogP contribution is -2.42. The van der Waals surface area contributed by atoms with Crippen molar-refractivity contribution < 1.29 is 14.8 Å². The Kier molecular flexibility index (Phi) is 4.62. The van der Waals surface area contributed by atoms with E-state index in [1.165, 1.54) is 6.07 Å². The number of benzene rings is 1. The molecule has 0 unspecified atom stereocenters. The molecule has 1 heterocycles. The second-order valence-corrected chi connectivity index (χ2v) is 5.92. The lowest BCUT2D eigenvalue weighted by molar-refractivity contribution is -0.385. The van der Waals surface area contributed by atoms with Gasteiger partial charge in [-0.3, -0.25) is 10.1 Å². The molecule has 1 aliphatic heterocycles. The third-order valence-corrected chi connectivity index (χ3v) is 4.17. The number of ether oxygens (including phenoxy) is 1. The number of nitro benzene ring substituents is 1. The van der Waals surface area contributed by atoms with Crippen LogP contribution in [-0.2, 0) is 4.74 Å². The van der Waals surface area contributed by atoms with E-state index < -0.39 is 10.5 Å². The molecule has 0 bridgehead atoms. The molecule has 0 atom stereocenters. The van der Waals surface area contributed by atoms with E-state index in [0.717, 1.165) is 5.69 Å². The Hall–Kier alpha value is -1.18. The van der Waals surface area contributed by atoms with Gasteiger partial charge in [0.25, 0.3) is 5.69 Å². The first-order valence-corrected chi connectivity index (χ1v) is 7.19. The second kappa shape index (κ2) is 6.07. The molecular formula is C13H17BrN2O4. The summed E-state index contributed by atoms with van der Waals surface area (Å²) in [5.41, 5.74) is 0.618. The highest BCUT2D eigenvalue weighted by atomic mass is 79.9. The second-order valence-electron chi connectivity index (χ2n) is 5.07. The zero-order chi connectivity index (χ0) is 14.8. The van der Waals surface area contributed by atoms with Crippen molar-refractivity contribution in [2.24, 2.45) is 0 Å². The first-order valence-electron chi connectivity index (χ1n) is 6.40. The maximum atomic E-state index is 10.9. The van der Waals surface area contributed by atoms with Crippen LogP contribution in [0.1, 0.15) is 18.4 Å². The minimum absolute atomic E-state index is 0.0761. The summed E-state index contributed by atoms with van der Waals surface area (Å²) in [6.07, 6.45) is 1.17. The van der Waals surface area contributed by atoms with Crippen molar-refractivity contribution in [2.75, 3.05) is 25.1 Å². The lowest BCUT2D eigenvalue weighted by atomic mass is 9.94. The maximum absolute atomic E-state index is 10.9. The Morgan fingerprint density at radius 2 is 2.15 bits per heavy atom. The van der Waals surface area contributed by atoms with Gasteiger partial charge in [0.05, 0.1) is 10.5 Å². The van der Waals surface area contributed by atoms with Crippen LogP contribution in [0.4, 0.5) is 11.4 Å². The van der Waals surface area contributed by atoms with Gasteiger partial charge in [0, 0.05) is 54.4 Å². The van der Waals surface area contributed by atoms with Gasteiger partial charge in [0.2, 0.25) is 0 Å². The van der Waals surface area contributed by atoms with Gasteiger partial charge in [-0.05, 0) is 28.9 Å². The molecule has 7 heteroatoms. The summed E-state index contributed by atoms with van der Waals surface area (Å²) in [5, 5.41) is 24.4. The van der Waals surface area contributed by atoms with E-state index in [2.05, 4.69) is 21.2 Å². The number of hydrogen-bond donors (Lipinski definition) is 2. The molecule has 2 rings (SSSR count). The first-order chi connectivity index (χ1) is 9.41. The number of aryl methyl sites for hydroxylation is 1. The van der Waals surface area contributed by atoms with Gasteiger partial charge in [0.15, 0.2) is 0 Å². The van der Waals surface area contributed by atoms with Crippen molar-refractivity contribution in [3.05, 3.63) is 32.3 Å². The van der Waals surface area contributed by atoms with Gasteiger partial charge in [-0.25, -0.2) is 0 Å². The maximum Gasteiger partial charge on any atom is 0.273 e. The molecule has 6 nitrogen and oxygen atoms in total. The number of aliphatic hydroxyl groups is 1. The van der Waals surface area contributed by atoms with E-state index in [0.29, 0.717) is 42.6 Å². The number of rotatable bonds is 4. The van der Waals surface area contributed by atoms with E-state index in [4.69, 9.17) is 4.74 Å². The van der Waals surface area contributed by atoms with Crippen LogP contribution >= 0.6 is 15.9 Å². The van der Waals surface area contributed by atoms with Crippen LogP contribution in [0.3, 0.4) is 0 Å². The minimum atomic E-state index is -0.784. The van der Waals surface area contributed by atoms with Crippen molar-refractivity contribution in [2.45, 2.75) is 25.4 Å². The Morgan fingerprint density at radius 1 is 1.50 bits per heavy atom. The fraction of sp³-hybridized carbons (Fsp3) is 0.538. The van der Waals surface area contributed by atoms with Gasteiger partial charge < -0.3 is 15.2 Å². The highest BCUT2D eigenvalue weighted by Gasteiger charge is 2.29. The van der Waals surface area contributed by atoms with E-state index in [9.17, 15) is 15.2 Å². The largest absolute Gasteiger partial charge is 0.388 e. The topological polar surface area (TPSA) is 84.6 Å². The number of hydrogen-bond acceptors (Lipinski definition) is 5. The van der Waals surface area contributed by atoms with Gasteiger partial charge in [-0.15, -0.1) is 0 Å². The molecule has 20 heavy (non-hydrogen) atoms. The molecule has 2 N–H and O–H groups in total. The van der Waals surface area contributed by atoms with Crippen LogP contribution in [0.2, 0.25) is 0 Å². The highest BCUT2D eigenvalue weighted by Crippen LogP contribution is 2.31. The zero-order valence-corrected chi connectivity index (χ0v) is 12.8. The molecule has 1 fully saturated rings. The molecule has 1 aliphatic rings. The number of halogens is 1. The number of anilines is 1. The van der Waals surface area contributed by atoms with Gasteiger partial charge in [-0.1, -0.05) is 0 Å². The lowest BCUT2D eigenvalue weighted by Gasteiger charge is -2.32. The predicted octanol–water partition coefficient (Wildman–Crippen LogP) is 2.62. The summed E-state index contributed by atoms with van der Waals surface area (Å²) in [5.74, 6) is 0. The van der Waals surface area contributed by atoms with Crippen LogP contribution < -0.4 is 5.32 Å². The molecule has 1 aromatic carbocycles. The molecular weight excluding hydrogens is 328 g/mol. The van der Waals surface area contributed by atoms with Crippen molar-refractivity contribution in [1.29, 1.82) is 0 Å². The monoisotopic (exact) mass is 344 g/mol. The van der Waals surface area contributed by atoms with Crippen LogP contribution in [0.5, 0.6) is 0 Å². The highest BCUT2D eigenvalue weighted by molar-refractivity contribution is 9.10. The third-order valence-electron chi connectivity index (χ3n) is 3.51. The number of nitrogens with zero attached hydrogens (tertiary/aromatic N) is 1. The quantitative estimate of drug-likeness (QED) is 0.647. The molecule has 0 amide bonds. The smallest absolute Gasteiger partial charge is 0.273 e. The van der Waals surface area contributed by atoms with Gasteiger partial charge >= 0.3 is 0 Å². The van der Waals surface area contributed by atoms with Crippen molar-refractivity contribution in [1.82, 2.24) is 0 Å². The van der Waals surface area contributed by atoms with Crippen molar-refractivity contribution in [3.8, 4) is 0 Å². The summed E-state index contributed by atoms with van der Waals surface area (Å²) >= 11 is 3.32. The molecule has 0 aromatic heterocycles. The molecule has 0 saturated carbocycles. The molecule has 1 saturated heterocycles. The standard InChI is InChI=1S/C13H17BrN2O4/c1-9-6-11(10(14)7-12(9)16(18)19)15-8-13(17)2-4-20-5-3-13/h6-7,15,17H,2-5,8H2,1H3. The van der Waals surface area contributed by atoms with E-state index in [-0.39, 0.29) is 5.69 Å². The Balaban J connectivity index is 2.10. The zero-order valence-electron chi connectivity index (χ0n) is 11.2. The number of nitrogens with one attached hydrogen (secondary N) is 1. The fourth-order valence-electron chi connectivity index (χ4n) is 2.19. The Labute approximate surface area is 125 Å². The third kappa shape index (κ3) is 3.47. The van der Waals surface area contributed by atoms with Crippen molar-refractivity contribution in [3.63, 3.8) is 0 Å². The van der Waals surface area contributed by atoms with E-state index >= 15 is 0 Å². The first kappa shape index (κ1) is 15.2. The van der Waals surface area contributed by atoms with Gasteiger partial charge in [0.1, 0.15) is 0 Å². The summed E-state index contributed by atoms with van der Waals surface area (Å²) in [4.78, 5) is 10.4. The summed E-state index contributed by atoms with van der Waals surface area (Å²) in [6.45, 7) is 3.20. The molecule has 110 valence electrons. The average molecular weight is 345 g/mol. The summed E-state index contributed by atoms with van der Waals surface area (Å²) < 4.78 is 5.85. The molecule has 0 radical (unpaired) electrons. The summed E-state index contributed by atoms with van der Waals surface area (Å²) in [7, 11) is 0. The van der Waals surface area contributed by atoms with Gasteiger partial charge in [-0.2, -0.15) is 0 Å².